The van der Waals surface area contributed by atoms with E-state index in [0.29, 0.717) is 12.0 Å². The monoisotopic (exact) mass is 282 g/mol. The molecule has 0 N–H and O–H groups in total. The van der Waals surface area contributed by atoms with Crippen molar-refractivity contribution in [2.45, 2.75) is 63.5 Å². The van der Waals surface area contributed by atoms with Crippen LogP contribution in [0, 0.1) is 17.2 Å². The van der Waals surface area contributed by atoms with Crippen LogP contribution < -0.4 is 0 Å². The summed E-state index contributed by atoms with van der Waals surface area (Å²) in [5, 5.41) is 10.0. The number of nitrogens with zero attached hydrogens (tertiary/aromatic N) is 2. The molecular weight excluding hydrogens is 256 g/mol. The fourth-order valence-electron chi connectivity index (χ4n) is 4.54. The second kappa shape index (κ2) is 6.20. The highest BCUT2D eigenvalue weighted by Gasteiger charge is 2.49. The zero-order valence-corrected chi connectivity index (χ0v) is 13.1. The van der Waals surface area contributed by atoms with E-state index in [0.717, 1.165) is 13.0 Å². The molecule has 1 aliphatic carbocycles. The first-order chi connectivity index (χ1) is 10.3. The van der Waals surface area contributed by atoms with Crippen molar-refractivity contribution in [2.24, 2.45) is 5.92 Å². The van der Waals surface area contributed by atoms with Gasteiger partial charge in [-0.25, -0.2) is 0 Å². The van der Waals surface area contributed by atoms with Crippen molar-refractivity contribution in [3.8, 4) is 6.07 Å². The summed E-state index contributed by atoms with van der Waals surface area (Å²) < 4.78 is 0. The largest absolute Gasteiger partial charge is 0.278 e. The zero-order chi connectivity index (χ0) is 14.7. The maximum Gasteiger partial charge on any atom is 0.112 e. The number of rotatable bonds is 3. The Morgan fingerprint density at radius 1 is 1.14 bits per heavy atom. The Bertz CT molecular complexity index is 498. The van der Waals surface area contributed by atoms with Gasteiger partial charge >= 0.3 is 0 Å². The minimum Gasteiger partial charge on any atom is -0.278 e. The Morgan fingerprint density at radius 3 is 2.52 bits per heavy atom. The summed E-state index contributed by atoms with van der Waals surface area (Å²) in [4.78, 5) is 2.51. The molecule has 3 rings (SSSR count). The molecule has 2 aliphatic rings. The Labute approximate surface area is 128 Å². The van der Waals surface area contributed by atoms with Gasteiger partial charge in [0.15, 0.2) is 0 Å². The third-order valence-electron chi connectivity index (χ3n) is 5.69. The van der Waals surface area contributed by atoms with E-state index in [1.54, 1.807) is 0 Å². The number of benzene rings is 1. The Kier molecular flexibility index (Phi) is 4.31. The van der Waals surface area contributed by atoms with Crippen LogP contribution in [0.25, 0.3) is 0 Å². The van der Waals surface area contributed by atoms with Crippen molar-refractivity contribution < 1.29 is 0 Å². The third kappa shape index (κ3) is 2.60. The van der Waals surface area contributed by atoms with Crippen molar-refractivity contribution in [3.63, 3.8) is 0 Å². The molecule has 1 saturated carbocycles. The molecule has 1 aliphatic heterocycles. The summed E-state index contributed by atoms with van der Waals surface area (Å²) in [5.41, 5.74) is 1.13. The molecule has 2 heteroatoms. The van der Waals surface area contributed by atoms with Crippen molar-refractivity contribution in [1.29, 1.82) is 5.26 Å². The van der Waals surface area contributed by atoms with Crippen LogP contribution in [-0.2, 0) is 0 Å². The van der Waals surface area contributed by atoms with E-state index in [1.165, 1.54) is 44.1 Å². The molecule has 1 saturated heterocycles. The van der Waals surface area contributed by atoms with Gasteiger partial charge in [0.1, 0.15) is 5.54 Å². The van der Waals surface area contributed by atoms with E-state index in [9.17, 15) is 5.26 Å². The van der Waals surface area contributed by atoms with Crippen LogP contribution in [0.2, 0.25) is 0 Å². The van der Waals surface area contributed by atoms with Gasteiger partial charge in [-0.2, -0.15) is 5.26 Å². The van der Waals surface area contributed by atoms with Gasteiger partial charge in [0.2, 0.25) is 0 Å². The van der Waals surface area contributed by atoms with E-state index in [1.807, 2.05) is 0 Å². The second-order valence-corrected chi connectivity index (χ2v) is 6.75. The fourth-order valence-corrected chi connectivity index (χ4v) is 4.54. The van der Waals surface area contributed by atoms with E-state index in [2.05, 4.69) is 48.2 Å². The first-order valence-electron chi connectivity index (χ1n) is 8.51. The maximum absolute atomic E-state index is 10.0. The van der Waals surface area contributed by atoms with Crippen LogP contribution in [0.5, 0.6) is 0 Å². The van der Waals surface area contributed by atoms with Crippen LogP contribution in [0.1, 0.15) is 63.5 Å². The van der Waals surface area contributed by atoms with Gasteiger partial charge in [0.05, 0.1) is 6.07 Å². The van der Waals surface area contributed by atoms with Crippen LogP contribution in [-0.4, -0.2) is 17.0 Å². The summed E-state index contributed by atoms with van der Waals surface area (Å²) in [7, 11) is 0. The summed E-state index contributed by atoms with van der Waals surface area (Å²) in [6.07, 6.45) is 8.68. The zero-order valence-electron chi connectivity index (χ0n) is 13.1. The summed E-state index contributed by atoms with van der Waals surface area (Å²) in [6, 6.07) is 13.8. The van der Waals surface area contributed by atoms with Crippen molar-refractivity contribution in [2.75, 3.05) is 6.54 Å². The van der Waals surface area contributed by atoms with Gasteiger partial charge in [-0.15, -0.1) is 0 Å². The van der Waals surface area contributed by atoms with Gasteiger partial charge in [-0.1, -0.05) is 49.6 Å². The summed E-state index contributed by atoms with van der Waals surface area (Å²) in [6.45, 7) is 3.34. The number of hydrogen-bond donors (Lipinski definition) is 0. The predicted octanol–water partition coefficient (Wildman–Crippen LogP) is 4.69. The molecule has 1 aromatic carbocycles. The molecule has 0 amide bonds. The highest BCUT2D eigenvalue weighted by atomic mass is 15.2. The van der Waals surface area contributed by atoms with Crippen LogP contribution >= 0.6 is 0 Å². The van der Waals surface area contributed by atoms with Crippen molar-refractivity contribution >= 4 is 0 Å². The summed E-state index contributed by atoms with van der Waals surface area (Å²) in [5.74, 6) is 0.574. The molecule has 2 atom stereocenters. The lowest BCUT2D eigenvalue weighted by molar-refractivity contribution is 0.0660. The SMILES string of the molecule is CC(c1ccccc1)N1CCCC1(C#N)C1CCCCC1. The Hall–Kier alpha value is -1.33. The van der Waals surface area contributed by atoms with Crippen molar-refractivity contribution in [3.05, 3.63) is 35.9 Å². The molecule has 112 valence electrons. The molecule has 1 heterocycles. The molecule has 21 heavy (non-hydrogen) atoms. The molecule has 0 aromatic heterocycles. The quantitative estimate of drug-likeness (QED) is 0.804. The lowest BCUT2D eigenvalue weighted by atomic mass is 9.73. The summed E-state index contributed by atoms with van der Waals surface area (Å²) >= 11 is 0. The minimum absolute atomic E-state index is 0.213. The van der Waals surface area contributed by atoms with Crippen molar-refractivity contribution in [1.82, 2.24) is 4.90 Å². The van der Waals surface area contributed by atoms with Gasteiger partial charge < -0.3 is 0 Å². The third-order valence-corrected chi connectivity index (χ3v) is 5.69. The predicted molar refractivity (Wildman–Crippen MR) is 85.7 cm³/mol. The number of hydrogen-bond acceptors (Lipinski definition) is 2. The van der Waals surface area contributed by atoms with Gasteiger partial charge in [-0.05, 0) is 44.1 Å². The van der Waals surface area contributed by atoms with Crippen LogP contribution in [0.4, 0.5) is 0 Å². The lowest BCUT2D eigenvalue weighted by Crippen LogP contribution is -2.50. The van der Waals surface area contributed by atoms with E-state index < -0.39 is 0 Å². The molecule has 0 bridgehead atoms. The average molecular weight is 282 g/mol. The second-order valence-electron chi connectivity index (χ2n) is 6.75. The number of nitriles is 1. The molecule has 0 radical (unpaired) electrons. The Morgan fingerprint density at radius 2 is 1.86 bits per heavy atom. The Balaban J connectivity index is 1.87. The molecule has 1 aromatic rings. The van der Waals surface area contributed by atoms with Gasteiger partial charge in [0.25, 0.3) is 0 Å². The maximum atomic E-state index is 10.0. The highest BCUT2D eigenvalue weighted by molar-refractivity contribution is 5.23. The number of likely N-dealkylation sites (tertiary alicyclic amines) is 1. The molecule has 2 nitrogen and oxygen atoms in total. The molecular formula is C19H26N2. The minimum atomic E-state index is -0.213. The van der Waals surface area contributed by atoms with Crippen LogP contribution in [0.3, 0.4) is 0 Å². The lowest BCUT2D eigenvalue weighted by Gasteiger charge is -2.44. The first kappa shape index (κ1) is 14.6. The standard InChI is InChI=1S/C19H26N2/c1-16(17-9-4-2-5-10-17)21-14-8-13-19(21,15-20)18-11-6-3-7-12-18/h2,4-5,9-10,16,18H,3,6-8,11-14H2,1H3. The normalized spacial score (nSPS) is 29.1. The molecule has 0 spiro atoms. The van der Waals surface area contributed by atoms with E-state index in [4.69, 9.17) is 0 Å². The topological polar surface area (TPSA) is 27.0 Å². The van der Waals surface area contributed by atoms with Crippen LogP contribution in [0.15, 0.2) is 30.3 Å². The highest BCUT2D eigenvalue weighted by Crippen LogP contribution is 2.46. The molecule has 2 fully saturated rings. The van der Waals surface area contributed by atoms with E-state index in [-0.39, 0.29) is 5.54 Å². The molecule has 2 unspecified atom stereocenters. The van der Waals surface area contributed by atoms with E-state index >= 15 is 0 Å². The van der Waals surface area contributed by atoms with Gasteiger partial charge in [0, 0.05) is 12.6 Å². The van der Waals surface area contributed by atoms with Gasteiger partial charge in [-0.3, -0.25) is 4.90 Å². The smallest absolute Gasteiger partial charge is 0.112 e. The fraction of sp³-hybridized carbons (Fsp3) is 0.632. The first-order valence-corrected chi connectivity index (χ1v) is 8.51. The average Bonchev–Trinajstić information content (AvgIpc) is 3.01.